The Kier molecular flexibility index (Phi) is 4.62. The lowest BCUT2D eigenvalue weighted by Gasteiger charge is -2.18. The molecule has 1 N–H and O–H groups in total. The van der Waals surface area contributed by atoms with Crippen molar-refractivity contribution >= 4 is 21.8 Å². The van der Waals surface area contributed by atoms with E-state index in [-0.39, 0.29) is 12.5 Å². The molecule has 7 heteroatoms. The first kappa shape index (κ1) is 16.7. The summed E-state index contributed by atoms with van der Waals surface area (Å²) in [5.41, 5.74) is 2.04. The number of hydrogen-bond acceptors (Lipinski definition) is 5. The van der Waals surface area contributed by atoms with Crippen molar-refractivity contribution in [2.24, 2.45) is 0 Å². The highest BCUT2D eigenvalue weighted by Gasteiger charge is 2.15. The highest BCUT2D eigenvalue weighted by molar-refractivity contribution is 9.10. The predicted octanol–water partition coefficient (Wildman–Crippen LogP) is 3.81. The van der Waals surface area contributed by atoms with Gasteiger partial charge in [-0.15, -0.1) is 0 Å². The number of amides is 1. The molecule has 0 atom stereocenters. The van der Waals surface area contributed by atoms with Crippen molar-refractivity contribution in [1.82, 2.24) is 10.5 Å². The minimum atomic E-state index is -0.179. The fourth-order valence-electron chi connectivity index (χ4n) is 2.64. The first-order chi connectivity index (χ1) is 12.7. The van der Waals surface area contributed by atoms with Crippen molar-refractivity contribution in [2.75, 3.05) is 13.2 Å². The number of rotatable bonds is 4. The van der Waals surface area contributed by atoms with Crippen LogP contribution in [-0.2, 0) is 6.54 Å². The van der Waals surface area contributed by atoms with E-state index in [1.165, 1.54) is 0 Å². The lowest BCUT2D eigenvalue weighted by molar-refractivity contribution is 0.0949. The van der Waals surface area contributed by atoms with E-state index in [0.717, 1.165) is 15.8 Å². The third kappa shape index (κ3) is 3.43. The Morgan fingerprint density at radius 2 is 1.88 bits per heavy atom. The Balaban J connectivity index is 1.45. The monoisotopic (exact) mass is 414 g/mol. The lowest BCUT2D eigenvalue weighted by atomic mass is 10.1. The van der Waals surface area contributed by atoms with E-state index < -0.39 is 0 Å². The lowest BCUT2D eigenvalue weighted by Crippen LogP contribution is -2.23. The Bertz CT molecular complexity index is 954. The van der Waals surface area contributed by atoms with Crippen LogP contribution in [0, 0.1) is 0 Å². The largest absolute Gasteiger partial charge is 0.486 e. The third-order valence-corrected chi connectivity index (χ3v) is 4.63. The van der Waals surface area contributed by atoms with E-state index in [1.54, 1.807) is 12.1 Å². The summed E-state index contributed by atoms with van der Waals surface area (Å²) in [7, 11) is 0. The van der Waals surface area contributed by atoms with Crippen LogP contribution in [0.2, 0.25) is 0 Å². The van der Waals surface area contributed by atoms with Crippen LogP contribution in [0.4, 0.5) is 0 Å². The fourth-order valence-corrected chi connectivity index (χ4v) is 3.10. The molecule has 0 fully saturated rings. The first-order valence-corrected chi connectivity index (χ1v) is 8.88. The standard InChI is InChI=1S/C19H15BrN2O4/c20-15-4-2-1-3-14(15)19(23)21-11-13-10-17(26-22-13)12-5-6-16-18(9-12)25-8-7-24-16/h1-6,9-10H,7-8,11H2,(H,21,23). The van der Waals surface area contributed by atoms with E-state index in [4.69, 9.17) is 14.0 Å². The summed E-state index contributed by atoms with van der Waals surface area (Å²) >= 11 is 3.37. The van der Waals surface area contributed by atoms with E-state index >= 15 is 0 Å². The van der Waals surface area contributed by atoms with Crippen LogP contribution >= 0.6 is 15.9 Å². The number of carbonyl (C=O) groups is 1. The minimum Gasteiger partial charge on any atom is -0.486 e. The van der Waals surface area contributed by atoms with Gasteiger partial charge in [-0.05, 0) is 46.3 Å². The molecular weight excluding hydrogens is 400 g/mol. The summed E-state index contributed by atoms with van der Waals surface area (Å²) < 4.78 is 17.2. The van der Waals surface area contributed by atoms with Crippen molar-refractivity contribution < 1.29 is 18.8 Å². The Morgan fingerprint density at radius 3 is 2.73 bits per heavy atom. The second kappa shape index (κ2) is 7.21. The van der Waals surface area contributed by atoms with Crippen molar-refractivity contribution in [2.45, 2.75) is 6.54 Å². The number of nitrogens with one attached hydrogen (secondary N) is 1. The smallest absolute Gasteiger partial charge is 0.252 e. The van der Waals surface area contributed by atoms with Crippen LogP contribution in [0.5, 0.6) is 11.5 Å². The topological polar surface area (TPSA) is 73.6 Å². The summed E-state index contributed by atoms with van der Waals surface area (Å²) in [6.45, 7) is 1.35. The molecule has 3 aromatic rings. The molecule has 0 spiro atoms. The summed E-state index contributed by atoms with van der Waals surface area (Å²) in [6.07, 6.45) is 0. The molecule has 0 radical (unpaired) electrons. The maximum absolute atomic E-state index is 12.2. The normalized spacial score (nSPS) is 12.7. The van der Waals surface area contributed by atoms with Gasteiger partial charge in [-0.1, -0.05) is 17.3 Å². The average Bonchev–Trinajstić information content (AvgIpc) is 3.15. The second-order valence-electron chi connectivity index (χ2n) is 5.70. The summed E-state index contributed by atoms with van der Waals surface area (Å²) in [5, 5.41) is 6.85. The van der Waals surface area contributed by atoms with Crippen LogP contribution in [0.3, 0.4) is 0 Å². The van der Waals surface area contributed by atoms with Gasteiger partial charge in [0.1, 0.15) is 18.9 Å². The van der Waals surface area contributed by atoms with E-state index in [2.05, 4.69) is 26.4 Å². The van der Waals surface area contributed by atoms with Crippen LogP contribution in [0.1, 0.15) is 16.1 Å². The van der Waals surface area contributed by atoms with Gasteiger partial charge in [-0.3, -0.25) is 4.79 Å². The molecule has 0 saturated heterocycles. The molecule has 2 heterocycles. The summed E-state index contributed by atoms with van der Waals surface area (Å²) in [5.74, 6) is 1.84. The van der Waals surface area contributed by atoms with Gasteiger partial charge in [0.05, 0.1) is 12.1 Å². The number of aromatic nitrogens is 1. The summed E-state index contributed by atoms with van der Waals surface area (Å²) in [4.78, 5) is 12.2. The van der Waals surface area contributed by atoms with Crippen molar-refractivity contribution in [3.05, 3.63) is 64.3 Å². The SMILES string of the molecule is O=C(NCc1cc(-c2ccc3c(c2)OCCO3)on1)c1ccccc1Br. The van der Waals surface area contributed by atoms with Gasteiger partial charge >= 0.3 is 0 Å². The molecule has 0 saturated carbocycles. The Hall–Kier alpha value is -2.80. The van der Waals surface area contributed by atoms with Gasteiger partial charge < -0.3 is 19.3 Å². The van der Waals surface area contributed by atoms with Gasteiger partial charge in [-0.2, -0.15) is 0 Å². The predicted molar refractivity (Wildman–Crippen MR) is 98.2 cm³/mol. The van der Waals surface area contributed by atoms with Crippen LogP contribution in [0.15, 0.2) is 57.5 Å². The molecule has 2 aromatic carbocycles. The van der Waals surface area contributed by atoms with Crippen LogP contribution < -0.4 is 14.8 Å². The quantitative estimate of drug-likeness (QED) is 0.702. The molecule has 1 aliphatic heterocycles. The van der Waals surface area contributed by atoms with Gasteiger partial charge in [0.25, 0.3) is 5.91 Å². The molecule has 132 valence electrons. The van der Waals surface area contributed by atoms with Crippen LogP contribution in [-0.4, -0.2) is 24.3 Å². The minimum absolute atomic E-state index is 0.179. The first-order valence-electron chi connectivity index (χ1n) is 8.09. The molecule has 0 bridgehead atoms. The highest BCUT2D eigenvalue weighted by atomic mass is 79.9. The molecule has 1 aromatic heterocycles. The number of carbonyl (C=O) groups excluding carboxylic acids is 1. The molecule has 6 nitrogen and oxygen atoms in total. The van der Waals surface area contributed by atoms with Gasteiger partial charge in [0.2, 0.25) is 0 Å². The Labute approximate surface area is 158 Å². The molecule has 1 aliphatic rings. The molecule has 0 aliphatic carbocycles. The zero-order valence-corrected chi connectivity index (χ0v) is 15.3. The zero-order chi connectivity index (χ0) is 17.9. The van der Waals surface area contributed by atoms with Crippen molar-refractivity contribution in [3.63, 3.8) is 0 Å². The zero-order valence-electron chi connectivity index (χ0n) is 13.7. The third-order valence-electron chi connectivity index (χ3n) is 3.93. The van der Waals surface area contributed by atoms with Crippen molar-refractivity contribution in [1.29, 1.82) is 0 Å². The second-order valence-corrected chi connectivity index (χ2v) is 6.56. The van der Waals surface area contributed by atoms with E-state index in [1.807, 2.05) is 36.4 Å². The molecule has 26 heavy (non-hydrogen) atoms. The molecule has 0 unspecified atom stereocenters. The number of nitrogens with zero attached hydrogens (tertiary/aromatic N) is 1. The number of halogens is 1. The highest BCUT2D eigenvalue weighted by Crippen LogP contribution is 2.34. The maximum atomic E-state index is 12.2. The number of fused-ring (bicyclic) bond motifs is 1. The van der Waals surface area contributed by atoms with Gasteiger partial charge in [0, 0.05) is 16.1 Å². The van der Waals surface area contributed by atoms with Crippen LogP contribution in [0.25, 0.3) is 11.3 Å². The maximum Gasteiger partial charge on any atom is 0.252 e. The number of hydrogen-bond donors (Lipinski definition) is 1. The summed E-state index contributed by atoms with van der Waals surface area (Å²) in [6, 6.07) is 14.6. The average molecular weight is 415 g/mol. The Morgan fingerprint density at radius 1 is 1.08 bits per heavy atom. The molecule has 4 rings (SSSR count). The fraction of sp³-hybridized carbons (Fsp3) is 0.158. The number of ether oxygens (including phenoxy) is 2. The number of benzene rings is 2. The van der Waals surface area contributed by atoms with E-state index in [9.17, 15) is 4.79 Å². The molecule has 1 amide bonds. The van der Waals surface area contributed by atoms with E-state index in [0.29, 0.717) is 36.0 Å². The van der Waals surface area contributed by atoms with Gasteiger partial charge in [0.15, 0.2) is 17.3 Å². The van der Waals surface area contributed by atoms with Gasteiger partial charge in [-0.25, -0.2) is 0 Å². The molecular formula is C19H15BrN2O4. The van der Waals surface area contributed by atoms with Crippen molar-refractivity contribution in [3.8, 4) is 22.8 Å².